The zero-order chi connectivity index (χ0) is 29.7. The number of halogens is 2. The van der Waals surface area contributed by atoms with E-state index in [-0.39, 0.29) is 35.0 Å². The van der Waals surface area contributed by atoms with Gasteiger partial charge in [0.25, 0.3) is 0 Å². The predicted molar refractivity (Wildman–Crippen MR) is 149 cm³/mol. The Morgan fingerprint density at radius 1 is 1.07 bits per heavy atom. The lowest BCUT2D eigenvalue weighted by atomic mass is 9.98. The van der Waals surface area contributed by atoms with Crippen molar-refractivity contribution in [2.24, 2.45) is 16.7 Å². The van der Waals surface area contributed by atoms with E-state index >= 15 is 0 Å². The van der Waals surface area contributed by atoms with Crippen LogP contribution < -0.4 is 10.6 Å². The number of pyridine rings is 1. The van der Waals surface area contributed by atoms with Gasteiger partial charge in [-0.1, -0.05) is 12.1 Å². The number of carbonyl (C=O) groups is 1. The SMILES string of the molecule is CNC(=O)C12CC1[C@@H](n1cnc3c(N[C@H]4CC45C[C@H]5c4ccc(F)c(F)c4)nc(C#Cc4ccccn4)nc31)[C@H](O)[C@@H]2O. The minimum absolute atomic E-state index is 0.0358. The number of nitrogens with zero attached hydrogens (tertiary/aromatic N) is 5. The predicted octanol–water partition coefficient (Wildman–Crippen LogP) is 2.29. The third-order valence-corrected chi connectivity index (χ3v) is 9.93. The molecule has 218 valence electrons. The van der Waals surface area contributed by atoms with Crippen LogP contribution in [0.5, 0.6) is 0 Å². The van der Waals surface area contributed by atoms with Gasteiger partial charge in [0.1, 0.15) is 11.8 Å². The summed E-state index contributed by atoms with van der Waals surface area (Å²) in [5, 5.41) is 28.1. The zero-order valence-corrected chi connectivity index (χ0v) is 23.0. The fourth-order valence-electron chi connectivity index (χ4n) is 7.43. The molecule has 8 atom stereocenters. The lowest BCUT2D eigenvalue weighted by Crippen LogP contribution is -2.41. The number of fused-ring (bicyclic) bond motifs is 2. The van der Waals surface area contributed by atoms with Crippen LogP contribution in [0.3, 0.4) is 0 Å². The van der Waals surface area contributed by atoms with Crippen molar-refractivity contribution >= 4 is 22.9 Å². The molecule has 4 aliphatic carbocycles. The molecule has 4 N–H and O–H groups in total. The molecule has 0 radical (unpaired) electrons. The van der Waals surface area contributed by atoms with Gasteiger partial charge in [-0.15, -0.1) is 0 Å². The van der Waals surface area contributed by atoms with Crippen molar-refractivity contribution in [1.29, 1.82) is 0 Å². The van der Waals surface area contributed by atoms with Crippen LogP contribution >= 0.6 is 0 Å². The van der Waals surface area contributed by atoms with Gasteiger partial charge in [0.2, 0.25) is 11.7 Å². The second-order valence-corrected chi connectivity index (χ2v) is 12.1. The first-order valence-corrected chi connectivity index (χ1v) is 14.2. The fourth-order valence-corrected chi connectivity index (χ4v) is 7.43. The van der Waals surface area contributed by atoms with Crippen LogP contribution in [0.25, 0.3) is 11.2 Å². The smallest absolute Gasteiger partial charge is 0.229 e. The average molecular weight is 584 g/mol. The van der Waals surface area contributed by atoms with Gasteiger partial charge in [0, 0.05) is 25.2 Å². The first kappa shape index (κ1) is 26.2. The first-order valence-electron chi connectivity index (χ1n) is 14.2. The Morgan fingerprint density at radius 3 is 2.70 bits per heavy atom. The van der Waals surface area contributed by atoms with Gasteiger partial charge in [-0.25, -0.2) is 28.7 Å². The monoisotopic (exact) mass is 583 g/mol. The summed E-state index contributed by atoms with van der Waals surface area (Å²) >= 11 is 0. The number of rotatable bonds is 5. The number of anilines is 1. The quantitative estimate of drug-likeness (QED) is 0.263. The van der Waals surface area contributed by atoms with E-state index in [2.05, 4.69) is 37.4 Å². The van der Waals surface area contributed by atoms with E-state index in [1.54, 1.807) is 35.3 Å². The Labute approximate surface area is 244 Å². The highest BCUT2D eigenvalue weighted by atomic mass is 19.2. The lowest BCUT2D eigenvalue weighted by molar-refractivity contribution is -0.132. The van der Waals surface area contributed by atoms with Crippen LogP contribution in [0, 0.1) is 40.2 Å². The molecule has 1 amide bonds. The summed E-state index contributed by atoms with van der Waals surface area (Å²) in [5.74, 6) is 4.46. The molecule has 10 nitrogen and oxygen atoms in total. The highest BCUT2D eigenvalue weighted by molar-refractivity contribution is 5.88. The van der Waals surface area contributed by atoms with Crippen LogP contribution in [0.15, 0.2) is 48.9 Å². The van der Waals surface area contributed by atoms with Gasteiger partial charge in [0.15, 0.2) is 28.6 Å². The number of hydrogen-bond acceptors (Lipinski definition) is 8. The van der Waals surface area contributed by atoms with E-state index in [4.69, 9.17) is 4.98 Å². The number of nitrogens with one attached hydrogen (secondary N) is 2. The largest absolute Gasteiger partial charge is 0.389 e. The summed E-state index contributed by atoms with van der Waals surface area (Å²) in [7, 11) is 1.52. The summed E-state index contributed by atoms with van der Waals surface area (Å²) in [4.78, 5) is 30.9. The molecule has 0 aliphatic heterocycles. The van der Waals surface area contributed by atoms with Crippen molar-refractivity contribution in [2.45, 2.75) is 49.5 Å². The normalized spacial score (nSPS) is 33.0. The molecule has 4 saturated carbocycles. The second-order valence-electron chi connectivity index (χ2n) is 12.1. The molecule has 1 aromatic carbocycles. The summed E-state index contributed by atoms with van der Waals surface area (Å²) in [6, 6.07) is 8.90. The Balaban J connectivity index is 1.15. The number of aliphatic hydroxyl groups excluding tert-OH is 2. The van der Waals surface area contributed by atoms with Crippen LogP contribution in [-0.4, -0.2) is 65.9 Å². The number of carbonyl (C=O) groups excluding carboxylic acids is 1. The van der Waals surface area contributed by atoms with Crippen molar-refractivity contribution in [3.05, 3.63) is 77.6 Å². The molecule has 3 aromatic heterocycles. The van der Waals surface area contributed by atoms with E-state index in [9.17, 15) is 23.8 Å². The van der Waals surface area contributed by atoms with Crippen LogP contribution in [0.1, 0.15) is 48.3 Å². The summed E-state index contributed by atoms with van der Waals surface area (Å²) in [6.07, 6.45) is 2.90. The van der Waals surface area contributed by atoms with Crippen molar-refractivity contribution in [3.63, 3.8) is 0 Å². The van der Waals surface area contributed by atoms with Gasteiger partial charge in [0.05, 0.1) is 23.9 Å². The molecule has 1 spiro atoms. The Morgan fingerprint density at radius 2 is 1.93 bits per heavy atom. The molecular weight excluding hydrogens is 556 g/mol. The van der Waals surface area contributed by atoms with Crippen LogP contribution in [0.4, 0.5) is 14.6 Å². The molecule has 12 heteroatoms. The van der Waals surface area contributed by atoms with Gasteiger partial charge in [-0.2, -0.15) is 0 Å². The molecule has 4 aliphatic rings. The molecule has 4 aromatic rings. The summed E-state index contributed by atoms with van der Waals surface area (Å²) in [6.45, 7) is 0. The molecular formula is C31H27F2N7O3. The van der Waals surface area contributed by atoms with Gasteiger partial charge >= 0.3 is 0 Å². The average Bonchev–Trinajstić information content (AvgIpc) is 3.96. The van der Waals surface area contributed by atoms with E-state index in [1.165, 1.54) is 19.2 Å². The molecule has 4 fully saturated rings. The topological polar surface area (TPSA) is 138 Å². The number of imidazole rings is 1. The fraction of sp³-hybridized carbons (Fsp3) is 0.387. The summed E-state index contributed by atoms with van der Waals surface area (Å²) in [5.41, 5.74) is 1.09. The highest BCUT2D eigenvalue weighted by Crippen LogP contribution is 2.75. The van der Waals surface area contributed by atoms with E-state index in [1.807, 2.05) is 6.07 Å². The molecule has 3 heterocycles. The van der Waals surface area contributed by atoms with E-state index in [0.717, 1.165) is 18.4 Å². The second kappa shape index (κ2) is 9.02. The highest BCUT2D eigenvalue weighted by Gasteiger charge is 2.75. The minimum Gasteiger partial charge on any atom is -0.389 e. The molecule has 8 rings (SSSR count). The summed E-state index contributed by atoms with van der Waals surface area (Å²) < 4.78 is 29.1. The van der Waals surface area contributed by atoms with Gasteiger partial charge < -0.3 is 25.4 Å². The Bertz CT molecular complexity index is 1870. The third-order valence-electron chi connectivity index (χ3n) is 9.93. The van der Waals surface area contributed by atoms with Crippen molar-refractivity contribution in [3.8, 4) is 11.8 Å². The maximum atomic E-state index is 13.9. The lowest BCUT2D eigenvalue weighted by Gasteiger charge is -2.23. The minimum atomic E-state index is -1.22. The standard InChI is InChI=1S/C31H27F2N7O3/c1-34-29(43)31-12-18(31)24(25(41)26(31)42)40-14-36-23-27(38-22(39-28(23)40)8-6-16-4-2-3-9-35-16)37-21-13-30(21)11-17(30)15-5-7-19(32)20(33)10-15/h2-5,7,9-10,14,17-18,21,24-26,41-42H,11-13H2,1H3,(H,34,43)(H,37,38,39)/t17-,18?,21-,24+,25-,26-,30?,31?/m0/s1. The first-order chi connectivity index (χ1) is 20.8. The number of benzene rings is 1. The van der Waals surface area contributed by atoms with Crippen molar-refractivity contribution in [2.75, 3.05) is 12.4 Å². The molecule has 0 saturated heterocycles. The number of aliphatic hydroxyl groups is 2. The van der Waals surface area contributed by atoms with Gasteiger partial charge in [-0.3, -0.25) is 4.79 Å². The van der Waals surface area contributed by atoms with E-state index in [0.29, 0.717) is 29.1 Å². The van der Waals surface area contributed by atoms with Crippen LogP contribution in [0.2, 0.25) is 0 Å². The Hall–Kier alpha value is -4.47. The maximum absolute atomic E-state index is 13.9. The molecule has 3 unspecified atom stereocenters. The molecule has 0 bridgehead atoms. The Kier molecular flexibility index (Phi) is 5.49. The van der Waals surface area contributed by atoms with Crippen molar-refractivity contribution < 1.29 is 23.8 Å². The van der Waals surface area contributed by atoms with E-state index < -0.39 is 35.3 Å². The zero-order valence-electron chi connectivity index (χ0n) is 23.0. The van der Waals surface area contributed by atoms with Crippen molar-refractivity contribution in [1.82, 2.24) is 29.8 Å². The number of amides is 1. The molecule has 43 heavy (non-hydrogen) atoms. The third kappa shape index (κ3) is 3.81. The maximum Gasteiger partial charge on any atom is 0.229 e. The van der Waals surface area contributed by atoms with Gasteiger partial charge in [-0.05, 0) is 72.3 Å². The van der Waals surface area contributed by atoms with Crippen LogP contribution in [-0.2, 0) is 4.79 Å². The number of hydrogen-bond donors (Lipinski definition) is 4. The number of aromatic nitrogens is 5.